The van der Waals surface area contributed by atoms with Crippen molar-refractivity contribution in [2.75, 3.05) is 0 Å². The maximum absolute atomic E-state index is 2.28. The van der Waals surface area contributed by atoms with E-state index in [1.54, 1.807) is 0 Å². The maximum atomic E-state index is 2.28. The van der Waals surface area contributed by atoms with Crippen molar-refractivity contribution in [3.05, 3.63) is 182 Å². The Morgan fingerprint density at radius 3 is 0.450 bits per heavy atom. The summed E-state index contributed by atoms with van der Waals surface area (Å²) in [4.78, 5) is 0. The molecule has 0 radical (unpaired) electrons. The van der Waals surface area contributed by atoms with Crippen LogP contribution in [0.5, 0.6) is 0 Å². The third kappa shape index (κ3) is 8.77. The van der Waals surface area contributed by atoms with Crippen LogP contribution in [0.4, 0.5) is 0 Å². The van der Waals surface area contributed by atoms with Gasteiger partial charge in [0.1, 0.15) is 0 Å². The molecule has 0 saturated carbocycles. The van der Waals surface area contributed by atoms with Gasteiger partial charge in [0.05, 0.1) is 0 Å². The van der Waals surface area contributed by atoms with Gasteiger partial charge in [-0.05, 0) is 0 Å². The summed E-state index contributed by atoms with van der Waals surface area (Å²) in [6, 6.07) is 65.8. The normalized spacial score (nSPS) is 10.1. The molecule has 0 bridgehead atoms. The van der Waals surface area contributed by atoms with Crippen molar-refractivity contribution in [3.8, 4) is 0 Å². The average Bonchev–Trinajstić information content (AvgIpc) is 3.01. The minimum atomic E-state index is -1.83. The summed E-state index contributed by atoms with van der Waals surface area (Å²) >= 11 is -3.65. The van der Waals surface area contributed by atoms with Gasteiger partial charge in [-0.2, -0.15) is 0 Å². The second-order valence-corrected chi connectivity index (χ2v) is 21.4. The van der Waals surface area contributed by atoms with Gasteiger partial charge < -0.3 is 24.8 Å². The van der Waals surface area contributed by atoms with Crippen LogP contribution in [0.2, 0.25) is 0 Å². The first-order valence-corrected chi connectivity index (χ1v) is 20.5. The Kier molecular flexibility index (Phi) is 13.9. The first-order valence-electron chi connectivity index (χ1n) is 12.8. The molecule has 6 rings (SSSR count). The molecule has 0 aliphatic heterocycles. The molecule has 0 aromatic heterocycles. The van der Waals surface area contributed by atoms with E-state index < -0.39 is 40.4 Å². The van der Waals surface area contributed by atoms with E-state index in [2.05, 4.69) is 182 Å². The Morgan fingerprint density at radius 1 is 0.200 bits per heavy atom. The van der Waals surface area contributed by atoms with Crippen LogP contribution in [-0.2, 0) is 0 Å². The molecule has 200 valence electrons. The van der Waals surface area contributed by atoms with Gasteiger partial charge in [-0.1, -0.05) is 0 Å². The SMILES string of the molecule is [Cl-].[Cl-].c1cc[c]([Sb]([c]2ccccc2)[c]2ccccc2)cc1.c1cc[c]([Sb]([c]2ccccc2)[c]2ccccc2)cc1. The topological polar surface area (TPSA) is 0 Å². The van der Waals surface area contributed by atoms with E-state index in [1.165, 1.54) is 21.1 Å². The Morgan fingerprint density at radius 2 is 0.325 bits per heavy atom. The van der Waals surface area contributed by atoms with Crippen molar-refractivity contribution in [3.63, 3.8) is 0 Å². The predicted octanol–water partition coefficient (Wildman–Crippen LogP) is -1.59. The van der Waals surface area contributed by atoms with Gasteiger partial charge in [-0.3, -0.25) is 0 Å². The standard InChI is InChI=1S/6C6H5.2ClH.2Sb/c6*1-2-4-6-5-3-1;;;;/h6*1-5H;2*1H;;/p-2. The second kappa shape index (κ2) is 17.4. The Balaban J connectivity index is 0.000000210. The molecule has 0 amide bonds. The molecule has 40 heavy (non-hydrogen) atoms. The van der Waals surface area contributed by atoms with Crippen LogP contribution in [0, 0.1) is 0 Å². The van der Waals surface area contributed by atoms with Crippen molar-refractivity contribution in [1.29, 1.82) is 0 Å². The molecule has 0 spiro atoms. The molecule has 0 heterocycles. The first-order chi connectivity index (χ1) is 18.9. The zero-order valence-electron chi connectivity index (χ0n) is 22.0. The minimum absolute atomic E-state index is 0. The van der Waals surface area contributed by atoms with Gasteiger partial charge in [0.15, 0.2) is 0 Å². The van der Waals surface area contributed by atoms with Crippen LogP contribution < -0.4 is 45.9 Å². The first kappa shape index (κ1) is 32.1. The molecule has 0 saturated heterocycles. The van der Waals surface area contributed by atoms with Crippen molar-refractivity contribution in [2.45, 2.75) is 0 Å². The van der Waals surface area contributed by atoms with Crippen LogP contribution in [0.1, 0.15) is 0 Å². The molecule has 0 aliphatic carbocycles. The summed E-state index contributed by atoms with van der Waals surface area (Å²) in [5.41, 5.74) is 0. The van der Waals surface area contributed by atoms with E-state index in [0.717, 1.165) is 0 Å². The molecular formula is C36H30Cl2Sb2-2. The van der Waals surface area contributed by atoms with E-state index >= 15 is 0 Å². The molecule has 6 aromatic carbocycles. The van der Waals surface area contributed by atoms with E-state index in [-0.39, 0.29) is 24.8 Å². The average molecular weight is 777 g/mol. The second-order valence-electron chi connectivity index (χ2n) is 8.68. The Bertz CT molecular complexity index is 1180. The Hall–Kier alpha value is -2.46. The summed E-state index contributed by atoms with van der Waals surface area (Å²) in [5.74, 6) is 0. The molecule has 6 aromatic rings. The molecule has 0 fully saturated rings. The fourth-order valence-corrected chi connectivity index (χ4v) is 17.5. The fraction of sp³-hybridized carbons (Fsp3) is 0. The van der Waals surface area contributed by atoms with Crippen molar-refractivity contribution >= 4 is 61.5 Å². The van der Waals surface area contributed by atoms with Gasteiger partial charge in [0, 0.05) is 0 Å². The van der Waals surface area contributed by atoms with Gasteiger partial charge in [-0.25, -0.2) is 0 Å². The van der Waals surface area contributed by atoms with Crippen molar-refractivity contribution < 1.29 is 24.8 Å². The van der Waals surface area contributed by atoms with Crippen molar-refractivity contribution in [2.24, 2.45) is 0 Å². The van der Waals surface area contributed by atoms with E-state index in [0.29, 0.717) is 0 Å². The van der Waals surface area contributed by atoms with E-state index in [4.69, 9.17) is 0 Å². The number of hydrogen-bond acceptors (Lipinski definition) is 0. The summed E-state index contributed by atoms with van der Waals surface area (Å²) in [6.07, 6.45) is 0. The summed E-state index contributed by atoms with van der Waals surface area (Å²) in [5, 5.41) is 0. The third-order valence-corrected chi connectivity index (χ3v) is 20.0. The van der Waals surface area contributed by atoms with Crippen LogP contribution in [0.25, 0.3) is 0 Å². The molecular weight excluding hydrogens is 747 g/mol. The number of rotatable bonds is 6. The van der Waals surface area contributed by atoms with Gasteiger partial charge in [0.2, 0.25) is 0 Å². The summed E-state index contributed by atoms with van der Waals surface area (Å²) in [6.45, 7) is 0. The van der Waals surface area contributed by atoms with E-state index in [9.17, 15) is 0 Å². The van der Waals surface area contributed by atoms with Crippen molar-refractivity contribution in [1.82, 2.24) is 0 Å². The Labute approximate surface area is 265 Å². The number of halogens is 2. The van der Waals surface area contributed by atoms with Crippen LogP contribution in [0.3, 0.4) is 0 Å². The number of hydrogen-bond donors (Lipinski definition) is 0. The zero-order chi connectivity index (χ0) is 25.8. The van der Waals surface area contributed by atoms with Gasteiger partial charge >= 0.3 is 243 Å². The van der Waals surface area contributed by atoms with Crippen LogP contribution in [0.15, 0.2) is 182 Å². The fourth-order valence-electron chi connectivity index (χ4n) is 4.36. The van der Waals surface area contributed by atoms with Crippen LogP contribution >= 0.6 is 0 Å². The number of benzene rings is 6. The zero-order valence-corrected chi connectivity index (χ0v) is 28.6. The van der Waals surface area contributed by atoms with Gasteiger partial charge in [0.25, 0.3) is 0 Å². The molecule has 0 unspecified atom stereocenters. The summed E-state index contributed by atoms with van der Waals surface area (Å²) < 4.78 is 9.10. The monoisotopic (exact) mass is 774 g/mol. The molecule has 0 atom stereocenters. The van der Waals surface area contributed by atoms with Gasteiger partial charge in [-0.15, -0.1) is 0 Å². The van der Waals surface area contributed by atoms with Crippen LogP contribution in [-0.4, -0.2) is 40.4 Å². The predicted molar refractivity (Wildman–Crippen MR) is 168 cm³/mol. The molecule has 0 N–H and O–H groups in total. The van der Waals surface area contributed by atoms with E-state index in [1.807, 2.05) is 0 Å². The third-order valence-electron chi connectivity index (χ3n) is 6.09. The molecule has 0 nitrogen and oxygen atoms in total. The quantitative estimate of drug-likeness (QED) is 0.180. The molecule has 4 heteroatoms. The summed E-state index contributed by atoms with van der Waals surface area (Å²) in [7, 11) is 0. The molecule has 0 aliphatic rings.